The van der Waals surface area contributed by atoms with Crippen molar-refractivity contribution in [1.29, 1.82) is 0 Å². The van der Waals surface area contributed by atoms with Gasteiger partial charge in [-0.3, -0.25) is 4.79 Å². The third kappa shape index (κ3) is 4.65. The lowest BCUT2D eigenvalue weighted by Crippen LogP contribution is -2.28. The van der Waals surface area contributed by atoms with Crippen molar-refractivity contribution in [1.82, 2.24) is 5.32 Å². The first-order chi connectivity index (χ1) is 7.03. The van der Waals surface area contributed by atoms with E-state index >= 15 is 0 Å². The van der Waals surface area contributed by atoms with Crippen LogP contribution in [0.3, 0.4) is 0 Å². The molecule has 1 aliphatic carbocycles. The second-order valence-electron chi connectivity index (χ2n) is 5.24. The Morgan fingerprint density at radius 2 is 2.27 bits per heavy atom. The Morgan fingerprint density at radius 3 is 2.80 bits per heavy atom. The quantitative estimate of drug-likeness (QED) is 0.561. The van der Waals surface area contributed by atoms with Gasteiger partial charge >= 0.3 is 5.97 Å². The molecule has 0 radical (unpaired) electrons. The largest absolute Gasteiger partial charge is 0.469 e. The van der Waals surface area contributed by atoms with E-state index in [9.17, 15) is 4.79 Å². The smallest absolute Gasteiger partial charge is 0.305 e. The zero-order valence-corrected chi connectivity index (χ0v) is 10.1. The number of hydrogen-bond acceptors (Lipinski definition) is 3. The molecule has 3 nitrogen and oxygen atoms in total. The molecule has 0 amide bonds. The Morgan fingerprint density at radius 1 is 1.53 bits per heavy atom. The highest BCUT2D eigenvalue weighted by Gasteiger charge is 2.30. The summed E-state index contributed by atoms with van der Waals surface area (Å²) in [5.41, 5.74) is 0.500. The minimum atomic E-state index is -0.108. The highest BCUT2D eigenvalue weighted by atomic mass is 16.5. The normalized spacial score (nSPS) is 24.1. The van der Waals surface area contributed by atoms with Gasteiger partial charge in [0.05, 0.1) is 7.11 Å². The van der Waals surface area contributed by atoms with Crippen LogP contribution in [0.4, 0.5) is 0 Å². The fraction of sp³-hybridized carbons (Fsp3) is 0.917. The minimum absolute atomic E-state index is 0.108. The van der Waals surface area contributed by atoms with Gasteiger partial charge in [-0.1, -0.05) is 13.8 Å². The fourth-order valence-corrected chi connectivity index (χ4v) is 2.25. The summed E-state index contributed by atoms with van der Waals surface area (Å²) in [5, 5.41) is 3.51. The molecule has 1 rings (SSSR count). The number of methoxy groups -OCH3 is 1. The van der Waals surface area contributed by atoms with Crippen LogP contribution in [0.25, 0.3) is 0 Å². The van der Waals surface area contributed by atoms with Gasteiger partial charge in [-0.25, -0.2) is 0 Å². The van der Waals surface area contributed by atoms with Gasteiger partial charge in [0, 0.05) is 12.5 Å². The molecule has 1 unspecified atom stereocenters. The number of rotatable bonds is 5. The maximum Gasteiger partial charge on any atom is 0.305 e. The lowest BCUT2D eigenvalue weighted by atomic mass is 9.92. The van der Waals surface area contributed by atoms with E-state index in [-0.39, 0.29) is 5.97 Å². The minimum Gasteiger partial charge on any atom is -0.469 e. The van der Waals surface area contributed by atoms with Crippen LogP contribution in [0.1, 0.15) is 46.0 Å². The Labute approximate surface area is 92.6 Å². The number of esters is 1. The molecule has 1 aliphatic rings. The Bertz CT molecular complexity index is 214. The van der Waals surface area contributed by atoms with E-state index in [4.69, 9.17) is 0 Å². The van der Waals surface area contributed by atoms with E-state index in [1.807, 2.05) is 0 Å². The van der Waals surface area contributed by atoms with Gasteiger partial charge in [-0.05, 0) is 37.6 Å². The third-order valence-electron chi connectivity index (χ3n) is 3.19. The molecular formula is C12H23NO2. The predicted molar refractivity (Wildman–Crippen MR) is 60.7 cm³/mol. The summed E-state index contributed by atoms with van der Waals surface area (Å²) in [7, 11) is 1.44. The molecule has 3 heteroatoms. The summed E-state index contributed by atoms with van der Waals surface area (Å²) in [5.74, 6) is -0.108. The summed E-state index contributed by atoms with van der Waals surface area (Å²) in [6, 6.07) is 0.651. The summed E-state index contributed by atoms with van der Waals surface area (Å²) >= 11 is 0. The van der Waals surface area contributed by atoms with E-state index < -0.39 is 0 Å². The zero-order valence-electron chi connectivity index (χ0n) is 10.1. The zero-order chi connectivity index (χ0) is 11.3. The molecule has 88 valence electrons. The second-order valence-corrected chi connectivity index (χ2v) is 5.24. The van der Waals surface area contributed by atoms with E-state index in [1.54, 1.807) is 0 Å². The SMILES string of the molecule is COC(=O)CCCNC1CCC(C)(C)C1. The molecular weight excluding hydrogens is 190 g/mol. The lowest BCUT2D eigenvalue weighted by Gasteiger charge is -2.17. The van der Waals surface area contributed by atoms with E-state index in [1.165, 1.54) is 26.4 Å². The van der Waals surface area contributed by atoms with Crippen LogP contribution in [0.5, 0.6) is 0 Å². The highest BCUT2D eigenvalue weighted by molar-refractivity contribution is 5.69. The van der Waals surface area contributed by atoms with E-state index in [0.717, 1.165) is 13.0 Å². The van der Waals surface area contributed by atoms with Crippen molar-refractivity contribution in [3.8, 4) is 0 Å². The molecule has 0 bridgehead atoms. The lowest BCUT2D eigenvalue weighted by molar-refractivity contribution is -0.140. The average Bonchev–Trinajstić information content (AvgIpc) is 2.52. The van der Waals surface area contributed by atoms with Crippen molar-refractivity contribution < 1.29 is 9.53 Å². The Balaban J connectivity index is 2.04. The van der Waals surface area contributed by atoms with Crippen molar-refractivity contribution >= 4 is 5.97 Å². The molecule has 1 saturated carbocycles. The van der Waals surface area contributed by atoms with Crippen molar-refractivity contribution in [2.45, 2.75) is 52.0 Å². The first kappa shape index (κ1) is 12.5. The maximum absolute atomic E-state index is 10.9. The van der Waals surface area contributed by atoms with Crippen LogP contribution in [-0.4, -0.2) is 25.7 Å². The second kappa shape index (κ2) is 5.50. The maximum atomic E-state index is 10.9. The number of carbonyl (C=O) groups is 1. The first-order valence-electron chi connectivity index (χ1n) is 5.84. The van der Waals surface area contributed by atoms with Gasteiger partial charge < -0.3 is 10.1 Å². The van der Waals surface area contributed by atoms with Crippen molar-refractivity contribution in [2.24, 2.45) is 5.41 Å². The van der Waals surface area contributed by atoms with Crippen LogP contribution in [0, 0.1) is 5.41 Å². The highest BCUT2D eigenvalue weighted by Crippen LogP contribution is 2.36. The average molecular weight is 213 g/mol. The number of nitrogens with one attached hydrogen (secondary N) is 1. The van der Waals surface area contributed by atoms with Gasteiger partial charge in [-0.2, -0.15) is 0 Å². The summed E-state index contributed by atoms with van der Waals surface area (Å²) in [4.78, 5) is 10.9. The Kier molecular flexibility index (Phi) is 4.58. The standard InChI is InChI=1S/C12H23NO2/c1-12(2)7-6-10(9-12)13-8-4-5-11(14)15-3/h10,13H,4-9H2,1-3H3. The molecule has 1 fully saturated rings. The van der Waals surface area contributed by atoms with E-state index in [2.05, 4.69) is 23.9 Å². The summed E-state index contributed by atoms with van der Waals surface area (Å²) in [6.45, 7) is 5.57. The molecule has 0 spiro atoms. The van der Waals surface area contributed by atoms with Gasteiger partial charge in [0.25, 0.3) is 0 Å². The molecule has 0 aromatic rings. The van der Waals surface area contributed by atoms with Gasteiger partial charge in [0.15, 0.2) is 0 Å². The van der Waals surface area contributed by atoms with Crippen LogP contribution < -0.4 is 5.32 Å². The molecule has 1 atom stereocenters. The van der Waals surface area contributed by atoms with Crippen LogP contribution in [-0.2, 0) is 9.53 Å². The van der Waals surface area contributed by atoms with E-state index in [0.29, 0.717) is 17.9 Å². The van der Waals surface area contributed by atoms with Crippen LogP contribution in [0.2, 0.25) is 0 Å². The van der Waals surface area contributed by atoms with Crippen molar-refractivity contribution in [2.75, 3.05) is 13.7 Å². The van der Waals surface area contributed by atoms with Gasteiger partial charge in [-0.15, -0.1) is 0 Å². The monoisotopic (exact) mass is 213 g/mol. The van der Waals surface area contributed by atoms with Gasteiger partial charge in [0.2, 0.25) is 0 Å². The topological polar surface area (TPSA) is 38.3 Å². The summed E-state index contributed by atoms with van der Waals surface area (Å²) < 4.78 is 4.59. The predicted octanol–water partition coefficient (Wildman–Crippen LogP) is 2.11. The number of ether oxygens (including phenoxy) is 1. The third-order valence-corrected chi connectivity index (χ3v) is 3.19. The van der Waals surface area contributed by atoms with Crippen molar-refractivity contribution in [3.05, 3.63) is 0 Å². The molecule has 15 heavy (non-hydrogen) atoms. The molecule has 0 aromatic heterocycles. The van der Waals surface area contributed by atoms with Crippen LogP contribution >= 0.6 is 0 Å². The van der Waals surface area contributed by atoms with Crippen LogP contribution in [0.15, 0.2) is 0 Å². The molecule has 0 heterocycles. The molecule has 0 aromatic carbocycles. The first-order valence-corrected chi connectivity index (χ1v) is 5.84. The number of carbonyl (C=O) groups excluding carboxylic acids is 1. The number of hydrogen-bond donors (Lipinski definition) is 1. The van der Waals surface area contributed by atoms with Gasteiger partial charge in [0.1, 0.15) is 0 Å². The molecule has 0 saturated heterocycles. The summed E-state index contributed by atoms with van der Waals surface area (Å²) in [6.07, 6.45) is 5.24. The molecule has 0 aliphatic heterocycles. The fourth-order valence-electron chi connectivity index (χ4n) is 2.25. The molecule has 1 N–H and O–H groups in total. The Hall–Kier alpha value is -0.570. The van der Waals surface area contributed by atoms with Crippen molar-refractivity contribution in [3.63, 3.8) is 0 Å².